The van der Waals surface area contributed by atoms with Crippen LogP contribution in [-0.4, -0.2) is 17.5 Å². The number of benzene rings is 2. The van der Waals surface area contributed by atoms with Crippen molar-refractivity contribution in [2.24, 2.45) is 4.99 Å². The predicted molar refractivity (Wildman–Crippen MR) is 93.9 cm³/mol. The summed E-state index contributed by atoms with van der Waals surface area (Å²) in [6.07, 6.45) is 0. The number of fused-ring (bicyclic) bond motifs is 1. The molecule has 0 N–H and O–H groups in total. The first-order valence-electron chi connectivity index (χ1n) is 6.86. The van der Waals surface area contributed by atoms with Crippen molar-refractivity contribution in [3.8, 4) is 0 Å². The number of nitrogens with zero attached hydrogens (tertiary/aromatic N) is 1. The Balaban J connectivity index is 1.64. The lowest BCUT2D eigenvalue weighted by atomic mass is 10.1. The molecule has 1 aliphatic rings. The number of hydrogen-bond donors (Lipinski definition) is 0. The Morgan fingerprint density at radius 1 is 1.23 bits per heavy atom. The van der Waals surface area contributed by atoms with Crippen molar-refractivity contribution >= 4 is 39.6 Å². The Hall–Kier alpha value is -1.72. The molecular formula is C17H15NO2S2. The SMILES string of the molecule is COC(=O)c1ccc(CSC2=Nc3ccccc3CS2)cc1. The lowest BCUT2D eigenvalue weighted by molar-refractivity contribution is 0.0600. The van der Waals surface area contributed by atoms with E-state index in [1.807, 2.05) is 18.2 Å². The molecule has 0 atom stereocenters. The van der Waals surface area contributed by atoms with Gasteiger partial charge in [-0.1, -0.05) is 53.9 Å². The van der Waals surface area contributed by atoms with E-state index in [1.165, 1.54) is 18.2 Å². The zero-order valence-corrected chi connectivity index (χ0v) is 13.7. The van der Waals surface area contributed by atoms with Gasteiger partial charge in [-0.2, -0.15) is 0 Å². The number of rotatable bonds is 3. The van der Waals surface area contributed by atoms with Crippen LogP contribution in [0.5, 0.6) is 0 Å². The fourth-order valence-electron chi connectivity index (χ4n) is 2.09. The minimum atomic E-state index is -0.303. The van der Waals surface area contributed by atoms with E-state index in [1.54, 1.807) is 35.7 Å². The summed E-state index contributed by atoms with van der Waals surface area (Å²) < 4.78 is 5.79. The lowest BCUT2D eigenvalue weighted by Gasteiger charge is -2.14. The van der Waals surface area contributed by atoms with E-state index >= 15 is 0 Å². The van der Waals surface area contributed by atoms with E-state index in [-0.39, 0.29) is 5.97 Å². The van der Waals surface area contributed by atoms with E-state index in [9.17, 15) is 4.79 Å². The molecule has 0 spiro atoms. The van der Waals surface area contributed by atoms with Gasteiger partial charge in [0.15, 0.2) is 0 Å². The van der Waals surface area contributed by atoms with E-state index < -0.39 is 0 Å². The number of thioether (sulfide) groups is 2. The molecule has 0 bridgehead atoms. The van der Waals surface area contributed by atoms with Crippen molar-refractivity contribution in [1.29, 1.82) is 0 Å². The monoisotopic (exact) mass is 329 g/mol. The highest BCUT2D eigenvalue weighted by Crippen LogP contribution is 2.35. The summed E-state index contributed by atoms with van der Waals surface area (Å²) in [4.78, 5) is 16.1. The first kappa shape index (κ1) is 15.2. The highest BCUT2D eigenvalue weighted by Gasteiger charge is 2.12. The molecule has 22 heavy (non-hydrogen) atoms. The molecule has 3 nitrogen and oxygen atoms in total. The summed E-state index contributed by atoms with van der Waals surface area (Å²) >= 11 is 3.51. The molecule has 0 amide bonds. The first-order valence-corrected chi connectivity index (χ1v) is 8.83. The highest BCUT2D eigenvalue weighted by molar-refractivity contribution is 8.38. The molecule has 112 valence electrons. The van der Waals surface area contributed by atoms with Crippen molar-refractivity contribution in [2.75, 3.05) is 7.11 Å². The Morgan fingerprint density at radius 2 is 2.00 bits per heavy atom. The van der Waals surface area contributed by atoms with Crippen LogP contribution in [0.25, 0.3) is 0 Å². The van der Waals surface area contributed by atoms with E-state index in [4.69, 9.17) is 4.74 Å². The third-order valence-electron chi connectivity index (χ3n) is 3.29. The summed E-state index contributed by atoms with van der Waals surface area (Å²) in [7, 11) is 1.39. The standard InChI is InChI=1S/C17H15NO2S2/c1-20-16(19)13-8-6-12(7-9-13)10-21-17-18-15-5-3-2-4-14(15)11-22-17/h2-9H,10-11H2,1H3. The Morgan fingerprint density at radius 3 is 2.77 bits per heavy atom. The van der Waals surface area contributed by atoms with Gasteiger partial charge in [-0.3, -0.25) is 0 Å². The fraction of sp³-hybridized carbons (Fsp3) is 0.176. The summed E-state index contributed by atoms with van der Waals surface area (Å²) in [5, 5.41) is 0. The zero-order chi connectivity index (χ0) is 15.4. The maximum absolute atomic E-state index is 11.4. The van der Waals surface area contributed by atoms with Gasteiger partial charge < -0.3 is 4.74 Å². The van der Waals surface area contributed by atoms with Gasteiger partial charge in [0, 0.05) is 11.5 Å². The molecule has 0 saturated carbocycles. The molecule has 0 saturated heterocycles. The van der Waals surface area contributed by atoms with Crippen LogP contribution in [-0.2, 0) is 16.2 Å². The average Bonchev–Trinajstić information content (AvgIpc) is 2.59. The minimum absolute atomic E-state index is 0.303. The molecule has 2 aromatic carbocycles. The van der Waals surface area contributed by atoms with Gasteiger partial charge in [0.25, 0.3) is 0 Å². The summed E-state index contributed by atoms with van der Waals surface area (Å²) in [6, 6.07) is 15.8. The van der Waals surface area contributed by atoms with Gasteiger partial charge in [-0.05, 0) is 29.3 Å². The number of carbonyl (C=O) groups is 1. The van der Waals surface area contributed by atoms with Crippen LogP contribution in [0.4, 0.5) is 5.69 Å². The molecule has 0 fully saturated rings. The Bertz CT molecular complexity index is 711. The van der Waals surface area contributed by atoms with Crippen LogP contribution in [0.1, 0.15) is 21.5 Å². The van der Waals surface area contributed by atoms with Crippen molar-refractivity contribution < 1.29 is 9.53 Å². The fourth-order valence-corrected chi connectivity index (χ4v) is 4.10. The maximum atomic E-state index is 11.4. The quantitative estimate of drug-likeness (QED) is 0.769. The lowest BCUT2D eigenvalue weighted by Crippen LogP contribution is -2.01. The van der Waals surface area contributed by atoms with E-state index in [2.05, 4.69) is 23.2 Å². The van der Waals surface area contributed by atoms with Gasteiger partial charge in [0.05, 0.1) is 18.4 Å². The van der Waals surface area contributed by atoms with Crippen LogP contribution >= 0.6 is 23.5 Å². The number of ether oxygens (including phenoxy) is 1. The number of para-hydroxylation sites is 1. The van der Waals surface area contributed by atoms with Crippen LogP contribution in [0, 0.1) is 0 Å². The number of hydrogen-bond acceptors (Lipinski definition) is 5. The van der Waals surface area contributed by atoms with Crippen LogP contribution in [0.2, 0.25) is 0 Å². The number of methoxy groups -OCH3 is 1. The molecule has 1 heterocycles. The molecule has 0 aliphatic carbocycles. The molecule has 2 aromatic rings. The molecule has 0 radical (unpaired) electrons. The van der Waals surface area contributed by atoms with Gasteiger partial charge >= 0.3 is 5.97 Å². The Labute approximate surface area is 138 Å². The van der Waals surface area contributed by atoms with Crippen molar-refractivity contribution in [1.82, 2.24) is 0 Å². The third kappa shape index (κ3) is 3.54. The van der Waals surface area contributed by atoms with Gasteiger partial charge in [-0.25, -0.2) is 9.79 Å². The van der Waals surface area contributed by atoms with Crippen LogP contribution < -0.4 is 0 Å². The third-order valence-corrected chi connectivity index (χ3v) is 5.61. The molecular weight excluding hydrogens is 314 g/mol. The van der Waals surface area contributed by atoms with Crippen molar-refractivity contribution in [2.45, 2.75) is 11.5 Å². The summed E-state index contributed by atoms with van der Waals surface area (Å²) in [6.45, 7) is 0. The largest absolute Gasteiger partial charge is 0.465 e. The van der Waals surface area contributed by atoms with Crippen LogP contribution in [0.15, 0.2) is 53.5 Å². The summed E-state index contributed by atoms with van der Waals surface area (Å²) in [5.41, 5.74) is 4.11. The number of carbonyl (C=O) groups excluding carboxylic acids is 1. The molecule has 1 aliphatic heterocycles. The molecule has 0 aromatic heterocycles. The first-order chi connectivity index (χ1) is 10.8. The van der Waals surface area contributed by atoms with Gasteiger partial charge in [0.1, 0.15) is 4.38 Å². The van der Waals surface area contributed by atoms with E-state index in [0.29, 0.717) is 5.56 Å². The number of esters is 1. The molecule has 3 rings (SSSR count). The minimum Gasteiger partial charge on any atom is -0.465 e. The molecule has 0 unspecified atom stereocenters. The second-order valence-corrected chi connectivity index (χ2v) is 6.96. The second-order valence-electron chi connectivity index (χ2n) is 4.77. The normalized spacial score (nSPS) is 13.2. The van der Waals surface area contributed by atoms with Crippen molar-refractivity contribution in [3.63, 3.8) is 0 Å². The average molecular weight is 329 g/mol. The predicted octanol–water partition coefficient (Wildman–Crippen LogP) is 4.64. The van der Waals surface area contributed by atoms with Gasteiger partial charge in [-0.15, -0.1) is 0 Å². The summed E-state index contributed by atoms with van der Waals surface area (Å²) in [5.74, 6) is 1.52. The Kier molecular flexibility index (Phi) is 4.85. The van der Waals surface area contributed by atoms with Crippen LogP contribution in [0.3, 0.4) is 0 Å². The zero-order valence-electron chi connectivity index (χ0n) is 12.1. The van der Waals surface area contributed by atoms with Crippen molar-refractivity contribution in [3.05, 3.63) is 65.2 Å². The highest BCUT2D eigenvalue weighted by atomic mass is 32.2. The second kappa shape index (κ2) is 7.03. The molecule has 5 heteroatoms. The smallest absolute Gasteiger partial charge is 0.337 e. The maximum Gasteiger partial charge on any atom is 0.337 e. The van der Waals surface area contributed by atoms with Gasteiger partial charge in [0.2, 0.25) is 0 Å². The topological polar surface area (TPSA) is 38.7 Å². The number of aliphatic imine (C=N–C) groups is 1. The van der Waals surface area contributed by atoms with E-state index in [0.717, 1.165) is 21.6 Å².